The Morgan fingerprint density at radius 2 is 1.84 bits per heavy atom. The van der Waals surface area contributed by atoms with E-state index in [0.29, 0.717) is 18.8 Å². The van der Waals surface area contributed by atoms with Crippen LogP contribution in [0.2, 0.25) is 5.02 Å². The summed E-state index contributed by atoms with van der Waals surface area (Å²) in [6, 6.07) is 11.3. The summed E-state index contributed by atoms with van der Waals surface area (Å²) >= 11 is 6.09. The number of rotatable bonds is 2. The molecule has 0 unspecified atom stereocenters. The Morgan fingerprint density at radius 3 is 2.56 bits per heavy atom. The molecule has 130 valence electrons. The number of hydrogen-bond donors (Lipinski definition) is 0. The molecule has 0 spiro atoms. The Balaban J connectivity index is 1.42. The van der Waals surface area contributed by atoms with Crippen LogP contribution in [0.5, 0.6) is 0 Å². The molecule has 0 saturated carbocycles. The number of amides is 1. The molecule has 25 heavy (non-hydrogen) atoms. The van der Waals surface area contributed by atoms with Gasteiger partial charge in [0.25, 0.3) is 5.91 Å². The summed E-state index contributed by atoms with van der Waals surface area (Å²) in [4.78, 5) is 23.3. The highest BCUT2D eigenvalue weighted by molar-refractivity contribution is 6.30. The number of nitrogens with zero attached hydrogens (tertiary/aromatic N) is 4. The fourth-order valence-corrected chi connectivity index (χ4v) is 3.45. The Bertz CT molecular complexity index is 782. The van der Waals surface area contributed by atoms with Gasteiger partial charge in [-0.2, -0.15) is 0 Å². The summed E-state index contributed by atoms with van der Waals surface area (Å²) in [6.07, 6.45) is 1.52. The summed E-state index contributed by atoms with van der Waals surface area (Å²) in [5, 5.41) is 0.746. The molecule has 2 aromatic rings. The summed E-state index contributed by atoms with van der Waals surface area (Å²) in [5.41, 5.74) is 1.13. The number of benzene rings is 1. The predicted molar refractivity (Wildman–Crippen MR) is 97.3 cm³/mol. The van der Waals surface area contributed by atoms with E-state index in [-0.39, 0.29) is 5.91 Å². The maximum atomic E-state index is 12.6. The quantitative estimate of drug-likeness (QED) is 0.828. The molecule has 0 bridgehead atoms. The van der Waals surface area contributed by atoms with Crippen LogP contribution >= 0.6 is 11.6 Å². The lowest BCUT2D eigenvalue weighted by molar-refractivity contribution is 0.0812. The van der Waals surface area contributed by atoms with Gasteiger partial charge < -0.3 is 14.2 Å². The number of guanidine groups is 1. The Hall–Kier alpha value is -2.47. The second kappa shape index (κ2) is 6.80. The number of anilines is 1. The first-order chi connectivity index (χ1) is 12.2. The zero-order valence-corrected chi connectivity index (χ0v) is 14.5. The molecule has 1 fully saturated rings. The van der Waals surface area contributed by atoms with E-state index in [4.69, 9.17) is 16.0 Å². The van der Waals surface area contributed by atoms with Crippen molar-refractivity contribution in [3.63, 3.8) is 0 Å². The number of carbonyl (C=O) groups excluding carboxylic acids is 1. The summed E-state index contributed by atoms with van der Waals surface area (Å²) in [7, 11) is 0. The van der Waals surface area contributed by atoms with E-state index in [1.165, 1.54) is 6.26 Å². The van der Waals surface area contributed by atoms with Crippen molar-refractivity contribution in [3.8, 4) is 0 Å². The van der Waals surface area contributed by atoms with Crippen molar-refractivity contribution < 1.29 is 9.21 Å². The van der Waals surface area contributed by atoms with Crippen molar-refractivity contribution in [1.29, 1.82) is 0 Å². The highest BCUT2D eigenvalue weighted by Crippen LogP contribution is 2.22. The molecule has 0 atom stereocenters. The zero-order chi connectivity index (χ0) is 17.2. The van der Waals surface area contributed by atoms with Crippen LogP contribution in [0.1, 0.15) is 10.6 Å². The first-order valence-corrected chi connectivity index (χ1v) is 8.75. The number of halogens is 1. The van der Waals surface area contributed by atoms with Crippen LogP contribution in [0.3, 0.4) is 0 Å². The maximum absolute atomic E-state index is 12.6. The lowest BCUT2D eigenvalue weighted by Crippen LogP contribution is -2.53. The Labute approximate surface area is 151 Å². The Morgan fingerprint density at radius 1 is 1.04 bits per heavy atom. The molecular weight excluding hydrogens is 340 g/mol. The second-order valence-electron chi connectivity index (χ2n) is 6.07. The van der Waals surface area contributed by atoms with E-state index in [0.717, 1.165) is 42.8 Å². The smallest absolute Gasteiger partial charge is 0.296 e. The molecule has 0 aliphatic carbocycles. The van der Waals surface area contributed by atoms with E-state index in [1.54, 1.807) is 17.0 Å². The molecule has 1 amide bonds. The van der Waals surface area contributed by atoms with Crippen LogP contribution in [-0.4, -0.2) is 60.9 Å². The van der Waals surface area contributed by atoms with Crippen molar-refractivity contribution in [2.24, 2.45) is 4.99 Å². The number of aliphatic imine (C=N–C) groups is 1. The number of hydrogen-bond acceptors (Lipinski definition) is 5. The van der Waals surface area contributed by atoms with E-state index in [2.05, 4.69) is 20.9 Å². The lowest BCUT2D eigenvalue weighted by Gasteiger charge is -2.38. The van der Waals surface area contributed by atoms with Gasteiger partial charge in [-0.15, -0.1) is 0 Å². The van der Waals surface area contributed by atoms with Crippen molar-refractivity contribution >= 4 is 29.2 Å². The molecule has 6 nitrogen and oxygen atoms in total. The summed E-state index contributed by atoms with van der Waals surface area (Å²) in [5.74, 6) is 0.984. The van der Waals surface area contributed by atoms with Gasteiger partial charge in [-0.3, -0.25) is 14.7 Å². The van der Waals surface area contributed by atoms with Gasteiger partial charge in [0.2, 0.25) is 5.96 Å². The molecule has 1 saturated heterocycles. The Kier molecular flexibility index (Phi) is 4.36. The van der Waals surface area contributed by atoms with Gasteiger partial charge in [0.15, 0.2) is 5.76 Å². The van der Waals surface area contributed by atoms with Crippen molar-refractivity contribution in [1.82, 2.24) is 9.80 Å². The summed E-state index contributed by atoms with van der Waals surface area (Å²) in [6.45, 7) is 4.59. The largest absolute Gasteiger partial charge is 0.459 e. The minimum absolute atomic E-state index is 0.126. The molecule has 0 radical (unpaired) electrons. The third-order valence-corrected chi connectivity index (χ3v) is 4.77. The highest BCUT2D eigenvalue weighted by Gasteiger charge is 2.31. The highest BCUT2D eigenvalue weighted by atomic mass is 35.5. The monoisotopic (exact) mass is 358 g/mol. The molecule has 3 heterocycles. The molecular formula is C18H19ClN4O2. The SMILES string of the molecule is O=C(c1ccco1)N1CCN=C1N1CCN(c2cccc(Cl)c2)CC1. The van der Waals surface area contributed by atoms with Crippen molar-refractivity contribution in [2.45, 2.75) is 0 Å². The van der Waals surface area contributed by atoms with Crippen LogP contribution in [0.4, 0.5) is 5.69 Å². The van der Waals surface area contributed by atoms with Gasteiger partial charge in [-0.25, -0.2) is 0 Å². The average Bonchev–Trinajstić information content (AvgIpc) is 3.33. The minimum Gasteiger partial charge on any atom is -0.459 e. The van der Waals surface area contributed by atoms with Crippen molar-refractivity contribution in [2.75, 3.05) is 44.2 Å². The fraction of sp³-hybridized carbons (Fsp3) is 0.333. The maximum Gasteiger partial charge on any atom is 0.296 e. The third kappa shape index (κ3) is 3.22. The normalized spacial score (nSPS) is 17.8. The van der Waals surface area contributed by atoms with Crippen LogP contribution < -0.4 is 4.90 Å². The van der Waals surface area contributed by atoms with E-state index >= 15 is 0 Å². The van der Waals surface area contributed by atoms with E-state index in [9.17, 15) is 4.79 Å². The third-order valence-electron chi connectivity index (χ3n) is 4.53. The topological polar surface area (TPSA) is 52.3 Å². The van der Waals surface area contributed by atoms with E-state index < -0.39 is 0 Å². The standard InChI is InChI=1S/C18H19ClN4O2/c19-14-3-1-4-15(13-14)21-8-10-22(11-9-21)18-20-6-7-23(18)17(24)16-5-2-12-25-16/h1-5,12-13H,6-11H2. The van der Waals surface area contributed by atoms with Crippen LogP contribution in [0.15, 0.2) is 52.1 Å². The summed E-state index contributed by atoms with van der Waals surface area (Å²) < 4.78 is 5.24. The number of furan rings is 1. The van der Waals surface area contributed by atoms with E-state index in [1.807, 2.05) is 18.2 Å². The fourth-order valence-electron chi connectivity index (χ4n) is 3.27. The predicted octanol–water partition coefficient (Wildman–Crippen LogP) is 2.57. The van der Waals surface area contributed by atoms with Crippen LogP contribution in [-0.2, 0) is 0 Å². The molecule has 1 aromatic carbocycles. The number of piperazine rings is 1. The van der Waals surface area contributed by atoms with Gasteiger partial charge in [0.1, 0.15) is 0 Å². The average molecular weight is 359 g/mol. The molecule has 2 aliphatic rings. The molecule has 4 rings (SSSR count). The van der Waals surface area contributed by atoms with Gasteiger partial charge in [0, 0.05) is 43.4 Å². The van der Waals surface area contributed by atoms with Gasteiger partial charge in [0.05, 0.1) is 12.8 Å². The molecule has 1 aromatic heterocycles. The number of carbonyl (C=O) groups is 1. The molecule has 7 heteroatoms. The first kappa shape index (κ1) is 16.0. The molecule has 2 aliphatic heterocycles. The van der Waals surface area contributed by atoms with Gasteiger partial charge >= 0.3 is 0 Å². The second-order valence-corrected chi connectivity index (χ2v) is 6.51. The lowest BCUT2D eigenvalue weighted by atomic mass is 10.2. The first-order valence-electron chi connectivity index (χ1n) is 8.38. The van der Waals surface area contributed by atoms with Crippen LogP contribution in [0, 0.1) is 0 Å². The van der Waals surface area contributed by atoms with Gasteiger partial charge in [-0.05, 0) is 30.3 Å². The minimum atomic E-state index is -0.126. The molecule has 0 N–H and O–H groups in total. The van der Waals surface area contributed by atoms with Crippen LogP contribution in [0.25, 0.3) is 0 Å². The van der Waals surface area contributed by atoms with Gasteiger partial charge in [-0.1, -0.05) is 17.7 Å². The zero-order valence-electron chi connectivity index (χ0n) is 13.8. The van der Waals surface area contributed by atoms with Crippen molar-refractivity contribution in [3.05, 3.63) is 53.4 Å².